The van der Waals surface area contributed by atoms with Crippen LogP contribution < -0.4 is 22.1 Å². The van der Waals surface area contributed by atoms with Gasteiger partial charge >= 0.3 is 0 Å². The van der Waals surface area contributed by atoms with Crippen LogP contribution in [0.5, 0.6) is 0 Å². The smallest absolute Gasteiger partial charge is 0.273 e. The summed E-state index contributed by atoms with van der Waals surface area (Å²) in [6, 6.07) is 14.2. The molecule has 2 amide bonds. The van der Waals surface area contributed by atoms with Gasteiger partial charge in [0.15, 0.2) is 11.5 Å². The molecule has 2 aromatic carbocycles. The molecule has 3 aromatic rings. The molecule has 0 unspecified atom stereocenters. The first-order valence-corrected chi connectivity index (χ1v) is 8.55. The van der Waals surface area contributed by atoms with Gasteiger partial charge in [-0.25, -0.2) is 9.97 Å². The summed E-state index contributed by atoms with van der Waals surface area (Å²) in [5.74, 6) is -0.624. The number of hydrogen-bond acceptors (Lipinski definition) is 6. The minimum absolute atomic E-state index is 0.0384. The third-order valence-corrected chi connectivity index (χ3v) is 4.07. The molecule has 0 aliphatic rings. The van der Waals surface area contributed by atoms with Gasteiger partial charge in [0.25, 0.3) is 11.8 Å². The Kier molecular flexibility index (Phi) is 5.50. The SMILES string of the molecule is CNC(=O)c1nc(-c2cccc(C(=O)NCc3cccc(N)c3)c2)cnc1N. The van der Waals surface area contributed by atoms with Crippen LogP contribution in [0.3, 0.4) is 0 Å². The van der Waals surface area contributed by atoms with Crippen molar-refractivity contribution in [3.8, 4) is 11.3 Å². The Morgan fingerprint density at radius 1 is 1.04 bits per heavy atom. The summed E-state index contributed by atoms with van der Waals surface area (Å²) in [4.78, 5) is 32.7. The molecule has 142 valence electrons. The zero-order valence-corrected chi connectivity index (χ0v) is 15.3. The first-order valence-electron chi connectivity index (χ1n) is 8.55. The maximum atomic E-state index is 12.5. The Bertz CT molecular complexity index is 1030. The second-order valence-corrected chi connectivity index (χ2v) is 6.08. The molecule has 28 heavy (non-hydrogen) atoms. The molecule has 0 fully saturated rings. The summed E-state index contributed by atoms with van der Waals surface area (Å²) in [5, 5.41) is 5.33. The standard InChI is InChI=1S/C20H20N6O2/c1-23-20(28)17-18(22)24-11-16(26-17)13-5-3-6-14(9-13)19(27)25-10-12-4-2-7-15(21)8-12/h2-9,11H,10,21H2,1H3,(H2,22,24)(H,23,28)(H,25,27). The van der Waals surface area contributed by atoms with Gasteiger partial charge in [-0.3, -0.25) is 9.59 Å². The number of nitrogens with one attached hydrogen (secondary N) is 2. The summed E-state index contributed by atoms with van der Waals surface area (Å²) >= 11 is 0. The second kappa shape index (κ2) is 8.17. The van der Waals surface area contributed by atoms with E-state index in [1.165, 1.54) is 13.2 Å². The van der Waals surface area contributed by atoms with Crippen LogP contribution in [0.15, 0.2) is 54.7 Å². The van der Waals surface area contributed by atoms with E-state index in [-0.39, 0.29) is 17.4 Å². The number of nitrogens with zero attached hydrogens (tertiary/aromatic N) is 2. The van der Waals surface area contributed by atoms with E-state index in [1.54, 1.807) is 36.4 Å². The molecule has 1 heterocycles. The van der Waals surface area contributed by atoms with E-state index < -0.39 is 5.91 Å². The van der Waals surface area contributed by atoms with Gasteiger partial charge in [0, 0.05) is 30.4 Å². The Labute approximate surface area is 162 Å². The molecule has 0 spiro atoms. The first kappa shape index (κ1) is 18.8. The van der Waals surface area contributed by atoms with Crippen LogP contribution in [-0.4, -0.2) is 28.8 Å². The molecular formula is C20H20N6O2. The van der Waals surface area contributed by atoms with Gasteiger partial charge in [-0.2, -0.15) is 0 Å². The molecule has 3 rings (SSSR count). The van der Waals surface area contributed by atoms with E-state index in [0.29, 0.717) is 29.1 Å². The second-order valence-electron chi connectivity index (χ2n) is 6.08. The number of rotatable bonds is 5. The summed E-state index contributed by atoms with van der Waals surface area (Å²) in [6.45, 7) is 0.358. The molecular weight excluding hydrogens is 356 g/mol. The number of aromatic nitrogens is 2. The Morgan fingerprint density at radius 2 is 1.82 bits per heavy atom. The largest absolute Gasteiger partial charge is 0.399 e. The molecule has 0 aliphatic heterocycles. The topological polar surface area (TPSA) is 136 Å². The average Bonchev–Trinajstić information content (AvgIpc) is 2.72. The van der Waals surface area contributed by atoms with Crippen molar-refractivity contribution in [2.24, 2.45) is 0 Å². The number of hydrogen-bond donors (Lipinski definition) is 4. The summed E-state index contributed by atoms with van der Waals surface area (Å²) in [5.41, 5.74) is 14.6. The van der Waals surface area contributed by atoms with Crippen LogP contribution in [-0.2, 0) is 6.54 Å². The fourth-order valence-corrected chi connectivity index (χ4v) is 2.63. The third kappa shape index (κ3) is 4.24. The van der Waals surface area contributed by atoms with Crippen LogP contribution in [0.1, 0.15) is 26.4 Å². The maximum Gasteiger partial charge on any atom is 0.273 e. The highest BCUT2D eigenvalue weighted by Gasteiger charge is 2.14. The molecule has 6 N–H and O–H groups in total. The van der Waals surface area contributed by atoms with E-state index in [9.17, 15) is 9.59 Å². The van der Waals surface area contributed by atoms with Crippen molar-refractivity contribution in [2.75, 3.05) is 18.5 Å². The zero-order valence-electron chi connectivity index (χ0n) is 15.3. The molecule has 0 bridgehead atoms. The minimum atomic E-state index is -0.428. The highest BCUT2D eigenvalue weighted by molar-refractivity contribution is 5.97. The summed E-state index contributed by atoms with van der Waals surface area (Å²) in [7, 11) is 1.49. The predicted octanol–water partition coefficient (Wildman–Crippen LogP) is 1.60. The van der Waals surface area contributed by atoms with Crippen molar-refractivity contribution in [2.45, 2.75) is 6.54 Å². The monoisotopic (exact) mass is 376 g/mol. The third-order valence-electron chi connectivity index (χ3n) is 4.07. The van der Waals surface area contributed by atoms with Gasteiger partial charge in [0.1, 0.15) is 0 Å². The number of anilines is 2. The van der Waals surface area contributed by atoms with E-state index in [1.807, 2.05) is 12.1 Å². The maximum absolute atomic E-state index is 12.5. The lowest BCUT2D eigenvalue weighted by Crippen LogP contribution is -2.23. The number of benzene rings is 2. The molecule has 0 saturated heterocycles. The lowest BCUT2D eigenvalue weighted by atomic mass is 10.1. The van der Waals surface area contributed by atoms with Crippen LogP contribution >= 0.6 is 0 Å². The Balaban J connectivity index is 1.80. The Morgan fingerprint density at radius 3 is 2.57 bits per heavy atom. The van der Waals surface area contributed by atoms with Gasteiger partial charge < -0.3 is 22.1 Å². The van der Waals surface area contributed by atoms with Crippen LogP contribution in [0.2, 0.25) is 0 Å². The first-order chi connectivity index (χ1) is 13.5. The number of carbonyl (C=O) groups is 2. The number of nitrogen functional groups attached to an aromatic ring is 2. The molecule has 0 atom stereocenters. The van der Waals surface area contributed by atoms with Gasteiger partial charge in [-0.05, 0) is 29.8 Å². The lowest BCUT2D eigenvalue weighted by Gasteiger charge is -2.09. The zero-order chi connectivity index (χ0) is 20.1. The highest BCUT2D eigenvalue weighted by Crippen LogP contribution is 2.20. The van der Waals surface area contributed by atoms with Gasteiger partial charge in [0.2, 0.25) is 0 Å². The normalized spacial score (nSPS) is 10.3. The predicted molar refractivity (Wildman–Crippen MR) is 107 cm³/mol. The quantitative estimate of drug-likeness (QED) is 0.499. The number of carbonyl (C=O) groups excluding carboxylic acids is 2. The Hall–Kier alpha value is -3.94. The number of amides is 2. The minimum Gasteiger partial charge on any atom is -0.399 e. The van der Waals surface area contributed by atoms with Gasteiger partial charge in [-0.15, -0.1) is 0 Å². The van der Waals surface area contributed by atoms with Crippen molar-refractivity contribution in [1.29, 1.82) is 0 Å². The van der Waals surface area contributed by atoms with Crippen LogP contribution in [0.25, 0.3) is 11.3 Å². The fraction of sp³-hybridized carbons (Fsp3) is 0.100. The molecule has 8 nitrogen and oxygen atoms in total. The van der Waals surface area contributed by atoms with Gasteiger partial charge in [-0.1, -0.05) is 24.3 Å². The molecule has 0 saturated carbocycles. The molecule has 0 aliphatic carbocycles. The van der Waals surface area contributed by atoms with Crippen molar-refractivity contribution < 1.29 is 9.59 Å². The van der Waals surface area contributed by atoms with E-state index in [2.05, 4.69) is 20.6 Å². The van der Waals surface area contributed by atoms with E-state index >= 15 is 0 Å². The van der Waals surface area contributed by atoms with Crippen molar-refractivity contribution in [3.05, 3.63) is 71.5 Å². The van der Waals surface area contributed by atoms with Crippen LogP contribution in [0, 0.1) is 0 Å². The van der Waals surface area contributed by atoms with E-state index in [0.717, 1.165) is 5.56 Å². The summed E-state index contributed by atoms with van der Waals surface area (Å²) in [6.07, 6.45) is 1.46. The van der Waals surface area contributed by atoms with Gasteiger partial charge in [0.05, 0.1) is 11.9 Å². The molecule has 0 radical (unpaired) electrons. The average molecular weight is 376 g/mol. The van der Waals surface area contributed by atoms with E-state index in [4.69, 9.17) is 11.5 Å². The van der Waals surface area contributed by atoms with Crippen molar-refractivity contribution >= 4 is 23.3 Å². The molecule has 8 heteroatoms. The van der Waals surface area contributed by atoms with Crippen LogP contribution in [0.4, 0.5) is 11.5 Å². The van der Waals surface area contributed by atoms with Crippen molar-refractivity contribution in [3.63, 3.8) is 0 Å². The molecule has 1 aromatic heterocycles. The number of nitrogens with two attached hydrogens (primary N) is 2. The summed E-state index contributed by atoms with van der Waals surface area (Å²) < 4.78 is 0. The lowest BCUT2D eigenvalue weighted by molar-refractivity contribution is 0.0945. The van der Waals surface area contributed by atoms with Crippen molar-refractivity contribution in [1.82, 2.24) is 20.6 Å². The highest BCUT2D eigenvalue weighted by atomic mass is 16.2. The fourth-order valence-electron chi connectivity index (χ4n) is 2.63.